The molecule has 24 heavy (non-hydrogen) atoms. The standard InChI is InChI=1S/C16H16NO6P/c1-11(2)16(18)17-12-3-5-13(6-4-12)22-14-7-9-15(10-8-14)23-24(19,20)21/h3-10H,1H2,2H3,(H,17,18)(H2,19,20,21). The molecule has 0 spiro atoms. The van der Waals surface area contributed by atoms with Crippen molar-refractivity contribution in [1.29, 1.82) is 0 Å². The summed E-state index contributed by atoms with van der Waals surface area (Å²) >= 11 is 0. The molecule has 0 atom stereocenters. The first-order valence-electron chi connectivity index (χ1n) is 6.83. The first-order chi connectivity index (χ1) is 11.2. The molecule has 8 heteroatoms. The maximum absolute atomic E-state index is 11.5. The number of nitrogens with one attached hydrogen (secondary N) is 1. The number of phosphoric ester groups is 1. The maximum Gasteiger partial charge on any atom is 0.524 e. The van der Waals surface area contributed by atoms with Crippen LogP contribution in [0.3, 0.4) is 0 Å². The Bertz CT molecular complexity index is 779. The molecule has 0 saturated heterocycles. The summed E-state index contributed by atoms with van der Waals surface area (Å²) in [5.41, 5.74) is 1.02. The second kappa shape index (κ2) is 7.31. The lowest BCUT2D eigenvalue weighted by Crippen LogP contribution is -2.11. The lowest BCUT2D eigenvalue weighted by molar-refractivity contribution is -0.112. The molecule has 0 aromatic heterocycles. The van der Waals surface area contributed by atoms with E-state index in [1.54, 1.807) is 31.2 Å². The van der Waals surface area contributed by atoms with Gasteiger partial charge in [-0.25, -0.2) is 4.57 Å². The van der Waals surface area contributed by atoms with E-state index < -0.39 is 7.82 Å². The summed E-state index contributed by atoms with van der Waals surface area (Å²) < 4.78 is 20.8. The molecule has 0 aliphatic rings. The Morgan fingerprint density at radius 2 is 1.46 bits per heavy atom. The van der Waals surface area contributed by atoms with E-state index >= 15 is 0 Å². The van der Waals surface area contributed by atoms with Crippen LogP contribution in [0.5, 0.6) is 17.2 Å². The molecule has 0 saturated carbocycles. The Kier molecular flexibility index (Phi) is 5.41. The van der Waals surface area contributed by atoms with Crippen molar-refractivity contribution in [3.63, 3.8) is 0 Å². The van der Waals surface area contributed by atoms with Crippen molar-refractivity contribution >= 4 is 19.4 Å². The number of carbonyl (C=O) groups excluding carboxylic acids is 1. The van der Waals surface area contributed by atoms with E-state index in [9.17, 15) is 9.36 Å². The molecule has 0 aliphatic carbocycles. The van der Waals surface area contributed by atoms with Gasteiger partial charge in [0.15, 0.2) is 0 Å². The quantitative estimate of drug-likeness (QED) is 0.545. The lowest BCUT2D eigenvalue weighted by Gasteiger charge is -2.09. The molecule has 3 N–H and O–H groups in total. The topological polar surface area (TPSA) is 105 Å². The first kappa shape index (κ1) is 17.7. The zero-order valence-corrected chi connectivity index (χ0v) is 13.7. The van der Waals surface area contributed by atoms with Gasteiger partial charge in [0.25, 0.3) is 5.91 Å². The minimum absolute atomic E-state index is 0.0357. The van der Waals surface area contributed by atoms with Crippen molar-refractivity contribution in [2.24, 2.45) is 0 Å². The summed E-state index contributed by atoms with van der Waals surface area (Å²) in [6.45, 7) is 5.18. The molecule has 0 aliphatic heterocycles. The third kappa shape index (κ3) is 5.55. The first-order valence-corrected chi connectivity index (χ1v) is 8.36. The average molecular weight is 349 g/mol. The third-order valence-electron chi connectivity index (χ3n) is 2.78. The molecular formula is C16H16NO6P. The molecule has 0 fully saturated rings. The minimum atomic E-state index is -4.58. The highest BCUT2D eigenvalue weighted by molar-refractivity contribution is 7.46. The van der Waals surface area contributed by atoms with Gasteiger partial charge in [0.1, 0.15) is 17.2 Å². The summed E-state index contributed by atoms with van der Waals surface area (Å²) in [6, 6.07) is 12.5. The van der Waals surface area contributed by atoms with Crippen LogP contribution < -0.4 is 14.6 Å². The molecule has 2 rings (SSSR count). The van der Waals surface area contributed by atoms with Crippen LogP contribution >= 0.6 is 7.82 Å². The van der Waals surface area contributed by atoms with E-state index in [2.05, 4.69) is 16.4 Å². The van der Waals surface area contributed by atoms with Gasteiger partial charge in [-0.05, 0) is 55.5 Å². The summed E-state index contributed by atoms with van der Waals surface area (Å²) in [7, 11) is -4.58. The van der Waals surface area contributed by atoms with E-state index in [-0.39, 0.29) is 11.7 Å². The molecule has 2 aromatic rings. The number of rotatable bonds is 6. The van der Waals surface area contributed by atoms with Crippen LogP contribution in [0.1, 0.15) is 6.92 Å². The van der Waals surface area contributed by atoms with E-state index in [1.165, 1.54) is 24.3 Å². The van der Waals surface area contributed by atoms with Crippen molar-refractivity contribution in [2.75, 3.05) is 5.32 Å². The molecule has 2 aromatic carbocycles. The predicted molar refractivity (Wildman–Crippen MR) is 89.1 cm³/mol. The highest BCUT2D eigenvalue weighted by Crippen LogP contribution is 2.38. The van der Waals surface area contributed by atoms with Crippen molar-refractivity contribution < 1.29 is 28.4 Å². The van der Waals surface area contributed by atoms with Crippen LogP contribution in [0.25, 0.3) is 0 Å². The zero-order valence-electron chi connectivity index (χ0n) is 12.8. The van der Waals surface area contributed by atoms with Crippen molar-refractivity contribution in [2.45, 2.75) is 6.92 Å². The van der Waals surface area contributed by atoms with Gasteiger partial charge in [-0.3, -0.25) is 14.6 Å². The van der Waals surface area contributed by atoms with Gasteiger partial charge in [0.2, 0.25) is 0 Å². The van der Waals surface area contributed by atoms with E-state index in [4.69, 9.17) is 14.5 Å². The fourth-order valence-electron chi connectivity index (χ4n) is 1.69. The molecule has 0 bridgehead atoms. The lowest BCUT2D eigenvalue weighted by atomic mass is 10.2. The summed E-state index contributed by atoms with van der Waals surface area (Å²) in [5, 5.41) is 2.68. The van der Waals surface area contributed by atoms with Gasteiger partial charge in [0.05, 0.1) is 0 Å². The van der Waals surface area contributed by atoms with Gasteiger partial charge in [-0.1, -0.05) is 6.58 Å². The number of carbonyl (C=O) groups is 1. The zero-order chi connectivity index (χ0) is 17.7. The summed E-state index contributed by atoms with van der Waals surface area (Å²) in [4.78, 5) is 29.0. The number of phosphoric acid groups is 1. The fourth-order valence-corrected chi connectivity index (χ4v) is 2.08. The third-order valence-corrected chi connectivity index (χ3v) is 3.23. The second-order valence-electron chi connectivity index (χ2n) is 4.91. The van der Waals surface area contributed by atoms with Crippen LogP contribution in [-0.4, -0.2) is 15.7 Å². The van der Waals surface area contributed by atoms with E-state index in [0.29, 0.717) is 22.8 Å². The molecule has 0 unspecified atom stereocenters. The summed E-state index contributed by atoms with van der Waals surface area (Å²) in [6.07, 6.45) is 0. The summed E-state index contributed by atoms with van der Waals surface area (Å²) in [5.74, 6) is 0.775. The van der Waals surface area contributed by atoms with Gasteiger partial charge >= 0.3 is 7.82 Å². The highest BCUT2D eigenvalue weighted by Gasteiger charge is 2.15. The van der Waals surface area contributed by atoms with Crippen LogP contribution in [0.15, 0.2) is 60.7 Å². The molecule has 0 radical (unpaired) electrons. The minimum Gasteiger partial charge on any atom is -0.457 e. The van der Waals surface area contributed by atoms with Crippen LogP contribution in [0.4, 0.5) is 5.69 Å². The van der Waals surface area contributed by atoms with Gasteiger partial charge in [0, 0.05) is 11.3 Å². The Morgan fingerprint density at radius 1 is 1.00 bits per heavy atom. The normalized spacial score (nSPS) is 10.8. The van der Waals surface area contributed by atoms with Crippen molar-refractivity contribution in [3.05, 3.63) is 60.7 Å². The van der Waals surface area contributed by atoms with Crippen LogP contribution in [0, 0.1) is 0 Å². The van der Waals surface area contributed by atoms with Crippen molar-refractivity contribution in [3.8, 4) is 17.2 Å². The Labute approximate surface area is 138 Å². The number of amides is 1. The Hall–Kier alpha value is -2.60. The molecule has 7 nitrogen and oxygen atoms in total. The molecule has 1 amide bonds. The number of hydrogen-bond acceptors (Lipinski definition) is 4. The smallest absolute Gasteiger partial charge is 0.457 e. The van der Waals surface area contributed by atoms with Crippen LogP contribution in [0.2, 0.25) is 0 Å². The number of benzene rings is 2. The van der Waals surface area contributed by atoms with E-state index in [0.717, 1.165) is 0 Å². The predicted octanol–water partition coefficient (Wildman–Crippen LogP) is 3.47. The number of hydrogen-bond donors (Lipinski definition) is 3. The van der Waals surface area contributed by atoms with E-state index in [1.807, 2.05) is 0 Å². The largest absolute Gasteiger partial charge is 0.524 e. The molecular weight excluding hydrogens is 333 g/mol. The maximum atomic E-state index is 11.5. The monoisotopic (exact) mass is 349 g/mol. The second-order valence-corrected chi connectivity index (χ2v) is 6.08. The van der Waals surface area contributed by atoms with Crippen molar-refractivity contribution in [1.82, 2.24) is 0 Å². The highest BCUT2D eigenvalue weighted by atomic mass is 31.2. The Morgan fingerprint density at radius 3 is 1.92 bits per heavy atom. The van der Waals surface area contributed by atoms with Gasteiger partial charge < -0.3 is 14.6 Å². The fraction of sp³-hybridized carbons (Fsp3) is 0.0625. The SMILES string of the molecule is C=C(C)C(=O)Nc1ccc(Oc2ccc(OP(=O)(O)O)cc2)cc1. The average Bonchev–Trinajstić information content (AvgIpc) is 2.49. The number of ether oxygens (including phenoxy) is 1. The van der Waals surface area contributed by atoms with Gasteiger partial charge in [-0.2, -0.15) is 0 Å². The molecule has 126 valence electrons. The Balaban J connectivity index is 1.99. The number of anilines is 1. The van der Waals surface area contributed by atoms with Gasteiger partial charge in [-0.15, -0.1) is 0 Å². The molecule has 0 heterocycles. The van der Waals surface area contributed by atoms with Crippen LogP contribution in [-0.2, 0) is 9.36 Å².